The molecule has 1 amide bonds. The van der Waals surface area contributed by atoms with Crippen LogP contribution in [0.15, 0.2) is 66.7 Å². The van der Waals surface area contributed by atoms with Gasteiger partial charge in [0.2, 0.25) is 5.82 Å². The summed E-state index contributed by atoms with van der Waals surface area (Å²) in [6, 6.07) is 18.9. The lowest BCUT2D eigenvalue weighted by atomic mass is 10.1. The topological polar surface area (TPSA) is 59.8 Å². The number of carbonyl (C=O) groups excluding carboxylic acids is 1. The van der Waals surface area contributed by atoms with E-state index in [-0.39, 0.29) is 11.6 Å². The molecule has 0 saturated carbocycles. The third-order valence-electron chi connectivity index (χ3n) is 4.65. The number of aromatic nitrogens is 3. The van der Waals surface area contributed by atoms with Crippen LogP contribution in [0.5, 0.6) is 0 Å². The van der Waals surface area contributed by atoms with Gasteiger partial charge in [-0.25, -0.2) is 14.1 Å². The number of hydrogen-bond donors (Lipinski definition) is 1. The number of halogens is 2. The highest BCUT2D eigenvalue weighted by Gasteiger charge is 2.20. The summed E-state index contributed by atoms with van der Waals surface area (Å²) in [7, 11) is 0. The molecule has 0 radical (unpaired) electrons. The Morgan fingerprint density at radius 2 is 1.70 bits per heavy atom. The molecule has 0 aliphatic heterocycles. The van der Waals surface area contributed by atoms with Gasteiger partial charge in [-0.05, 0) is 49.7 Å². The number of nitrogens with one attached hydrogen (secondary N) is 1. The standard InChI is InChI=1S/C23H18ClFN4O/c1-14-6-8-16(9-7-14)22-27-21(28-29(22)18-12-10-17(25)11-13-18)23(30)26-20-15(2)4-3-5-19(20)24/h3-13H,1-2H3,(H,26,30). The van der Waals surface area contributed by atoms with Crippen LogP contribution in [0.4, 0.5) is 10.1 Å². The van der Waals surface area contributed by atoms with Crippen molar-refractivity contribution in [3.8, 4) is 17.1 Å². The molecule has 0 bridgehead atoms. The summed E-state index contributed by atoms with van der Waals surface area (Å²) in [5, 5.41) is 7.61. The highest BCUT2D eigenvalue weighted by molar-refractivity contribution is 6.34. The molecular formula is C23H18ClFN4O. The molecule has 0 spiro atoms. The first-order valence-corrected chi connectivity index (χ1v) is 9.66. The normalized spacial score (nSPS) is 10.8. The van der Waals surface area contributed by atoms with Gasteiger partial charge in [0.25, 0.3) is 5.91 Å². The Bertz CT molecular complexity index is 1130. The molecule has 1 aromatic heterocycles. The van der Waals surface area contributed by atoms with Crippen molar-refractivity contribution < 1.29 is 9.18 Å². The molecule has 150 valence electrons. The molecular weight excluding hydrogens is 403 g/mol. The molecule has 30 heavy (non-hydrogen) atoms. The first-order chi connectivity index (χ1) is 14.4. The predicted molar refractivity (Wildman–Crippen MR) is 116 cm³/mol. The van der Waals surface area contributed by atoms with Gasteiger partial charge in [-0.3, -0.25) is 4.79 Å². The van der Waals surface area contributed by atoms with Gasteiger partial charge >= 0.3 is 0 Å². The van der Waals surface area contributed by atoms with Crippen molar-refractivity contribution in [2.75, 3.05) is 5.32 Å². The van der Waals surface area contributed by atoms with Crippen molar-refractivity contribution in [3.63, 3.8) is 0 Å². The molecule has 0 atom stereocenters. The Morgan fingerprint density at radius 3 is 2.37 bits per heavy atom. The number of nitrogens with zero attached hydrogens (tertiary/aromatic N) is 3. The van der Waals surface area contributed by atoms with E-state index in [0.717, 1.165) is 16.7 Å². The molecule has 4 aromatic rings. The number of anilines is 1. The Morgan fingerprint density at radius 1 is 1.00 bits per heavy atom. The molecule has 0 unspecified atom stereocenters. The highest BCUT2D eigenvalue weighted by atomic mass is 35.5. The number of hydrogen-bond acceptors (Lipinski definition) is 3. The van der Waals surface area contributed by atoms with E-state index in [9.17, 15) is 9.18 Å². The van der Waals surface area contributed by atoms with Crippen LogP contribution >= 0.6 is 11.6 Å². The summed E-state index contributed by atoms with van der Waals surface area (Å²) in [5.74, 6) is -0.389. The monoisotopic (exact) mass is 420 g/mol. The predicted octanol–water partition coefficient (Wildman–Crippen LogP) is 5.60. The minimum absolute atomic E-state index is 0.0192. The summed E-state index contributed by atoms with van der Waals surface area (Å²) in [4.78, 5) is 17.4. The second-order valence-corrected chi connectivity index (χ2v) is 7.31. The summed E-state index contributed by atoms with van der Waals surface area (Å²) >= 11 is 6.22. The van der Waals surface area contributed by atoms with E-state index in [2.05, 4.69) is 15.4 Å². The Kier molecular flexibility index (Phi) is 5.33. The van der Waals surface area contributed by atoms with Gasteiger partial charge in [0.1, 0.15) is 5.82 Å². The van der Waals surface area contributed by atoms with Gasteiger partial charge in [-0.2, -0.15) is 0 Å². The second-order valence-electron chi connectivity index (χ2n) is 6.90. The number of benzene rings is 3. The fourth-order valence-electron chi connectivity index (χ4n) is 3.02. The van der Waals surface area contributed by atoms with E-state index in [1.54, 1.807) is 18.2 Å². The molecule has 1 heterocycles. The van der Waals surface area contributed by atoms with Crippen LogP contribution in [-0.4, -0.2) is 20.7 Å². The third kappa shape index (κ3) is 3.95. The minimum Gasteiger partial charge on any atom is -0.318 e. The fourth-order valence-corrected chi connectivity index (χ4v) is 3.29. The molecule has 4 rings (SSSR count). The van der Waals surface area contributed by atoms with Crippen molar-refractivity contribution in [2.45, 2.75) is 13.8 Å². The lowest BCUT2D eigenvalue weighted by Gasteiger charge is -2.08. The van der Waals surface area contributed by atoms with Crippen LogP contribution in [-0.2, 0) is 0 Å². The maximum absolute atomic E-state index is 13.4. The van der Waals surface area contributed by atoms with Crippen molar-refractivity contribution >= 4 is 23.2 Å². The summed E-state index contributed by atoms with van der Waals surface area (Å²) in [6.45, 7) is 3.84. The molecule has 0 saturated heterocycles. The summed E-state index contributed by atoms with van der Waals surface area (Å²) < 4.78 is 14.9. The van der Waals surface area contributed by atoms with Gasteiger partial charge < -0.3 is 5.32 Å². The van der Waals surface area contributed by atoms with Crippen molar-refractivity contribution in [2.24, 2.45) is 0 Å². The fraction of sp³-hybridized carbons (Fsp3) is 0.0870. The summed E-state index contributed by atoms with van der Waals surface area (Å²) in [6.07, 6.45) is 0. The smallest absolute Gasteiger partial charge is 0.295 e. The molecule has 1 N–H and O–H groups in total. The number of aryl methyl sites for hydroxylation is 2. The first kappa shape index (κ1) is 19.8. The van der Waals surface area contributed by atoms with E-state index < -0.39 is 5.91 Å². The average molecular weight is 421 g/mol. The van der Waals surface area contributed by atoms with E-state index in [0.29, 0.717) is 22.2 Å². The van der Waals surface area contributed by atoms with Crippen LogP contribution in [0.2, 0.25) is 5.02 Å². The van der Waals surface area contributed by atoms with Gasteiger partial charge in [0, 0.05) is 5.56 Å². The van der Waals surface area contributed by atoms with Crippen molar-refractivity contribution in [1.82, 2.24) is 14.8 Å². The molecule has 7 heteroatoms. The number of amides is 1. The largest absolute Gasteiger partial charge is 0.318 e. The average Bonchev–Trinajstić information content (AvgIpc) is 3.17. The lowest BCUT2D eigenvalue weighted by Crippen LogP contribution is -2.15. The first-order valence-electron chi connectivity index (χ1n) is 9.29. The van der Waals surface area contributed by atoms with E-state index in [4.69, 9.17) is 11.6 Å². The Hall–Kier alpha value is -3.51. The van der Waals surface area contributed by atoms with Crippen LogP contribution in [0.25, 0.3) is 17.1 Å². The Balaban J connectivity index is 1.77. The van der Waals surface area contributed by atoms with Gasteiger partial charge in [0.15, 0.2) is 5.82 Å². The maximum Gasteiger partial charge on any atom is 0.295 e. The van der Waals surface area contributed by atoms with Gasteiger partial charge in [-0.15, -0.1) is 5.10 Å². The van der Waals surface area contributed by atoms with Crippen LogP contribution in [0.3, 0.4) is 0 Å². The zero-order chi connectivity index (χ0) is 21.3. The van der Waals surface area contributed by atoms with E-state index in [1.807, 2.05) is 50.2 Å². The molecule has 3 aromatic carbocycles. The van der Waals surface area contributed by atoms with Crippen LogP contribution in [0, 0.1) is 19.7 Å². The zero-order valence-corrected chi connectivity index (χ0v) is 17.1. The molecule has 0 fully saturated rings. The maximum atomic E-state index is 13.4. The van der Waals surface area contributed by atoms with Crippen LogP contribution < -0.4 is 5.32 Å². The van der Waals surface area contributed by atoms with Crippen LogP contribution in [0.1, 0.15) is 21.7 Å². The van der Waals surface area contributed by atoms with Crippen molar-refractivity contribution in [3.05, 3.63) is 94.5 Å². The summed E-state index contributed by atoms with van der Waals surface area (Å²) in [5.41, 5.74) is 3.81. The third-order valence-corrected chi connectivity index (χ3v) is 4.97. The molecule has 0 aliphatic carbocycles. The quantitative estimate of drug-likeness (QED) is 0.467. The Labute approximate surface area is 178 Å². The highest BCUT2D eigenvalue weighted by Crippen LogP contribution is 2.26. The minimum atomic E-state index is -0.486. The van der Waals surface area contributed by atoms with Gasteiger partial charge in [-0.1, -0.05) is 53.6 Å². The molecule has 0 aliphatic rings. The van der Waals surface area contributed by atoms with Crippen molar-refractivity contribution in [1.29, 1.82) is 0 Å². The van der Waals surface area contributed by atoms with Gasteiger partial charge in [0.05, 0.1) is 16.4 Å². The van der Waals surface area contributed by atoms with E-state index >= 15 is 0 Å². The number of rotatable bonds is 4. The van der Waals surface area contributed by atoms with E-state index in [1.165, 1.54) is 16.8 Å². The number of para-hydroxylation sites is 1. The molecule has 5 nitrogen and oxygen atoms in total. The zero-order valence-electron chi connectivity index (χ0n) is 16.4. The number of carbonyl (C=O) groups is 1. The SMILES string of the molecule is Cc1ccc(-c2nc(C(=O)Nc3c(C)cccc3Cl)nn2-c2ccc(F)cc2)cc1. The second kappa shape index (κ2) is 8.08. The lowest BCUT2D eigenvalue weighted by molar-refractivity contribution is 0.101.